The fourth-order valence-electron chi connectivity index (χ4n) is 8.77. The van der Waals surface area contributed by atoms with Gasteiger partial charge in [-0.2, -0.15) is 9.97 Å². The Morgan fingerprint density at radius 3 is 1.68 bits per heavy atom. The van der Waals surface area contributed by atoms with E-state index < -0.39 is 0 Å². The molecule has 0 unspecified atom stereocenters. The molecule has 3 aromatic heterocycles. The van der Waals surface area contributed by atoms with Crippen molar-refractivity contribution in [3.05, 3.63) is 182 Å². The van der Waals surface area contributed by atoms with Gasteiger partial charge in [0.25, 0.3) is 0 Å². The summed E-state index contributed by atoms with van der Waals surface area (Å²) in [7, 11) is 0. The van der Waals surface area contributed by atoms with Gasteiger partial charge >= 0.3 is 0 Å². The molecule has 0 N–H and O–H groups in total. The van der Waals surface area contributed by atoms with Crippen LogP contribution in [0, 0.1) is 0 Å². The molecule has 12 rings (SSSR count). The summed E-state index contributed by atoms with van der Waals surface area (Å²) in [5.74, 6) is 1.84. The van der Waals surface area contributed by atoms with Gasteiger partial charge in [0, 0.05) is 53.0 Å². The molecule has 0 aliphatic rings. The quantitative estimate of drug-likeness (QED) is 0.169. The van der Waals surface area contributed by atoms with Gasteiger partial charge in [0.05, 0.1) is 11.0 Å². The number of thiophene rings is 1. The van der Waals surface area contributed by atoms with Crippen molar-refractivity contribution in [3.63, 3.8) is 0 Å². The highest BCUT2D eigenvalue weighted by Crippen LogP contribution is 2.46. The molecule has 0 spiro atoms. The van der Waals surface area contributed by atoms with Crippen LogP contribution in [0.25, 0.3) is 114 Å². The molecule has 0 saturated heterocycles. The Morgan fingerprint density at radius 1 is 0.357 bits per heavy atom. The third kappa shape index (κ3) is 4.62. The van der Waals surface area contributed by atoms with Gasteiger partial charge < -0.3 is 0 Å². The zero-order valence-corrected chi connectivity index (χ0v) is 30.8. The lowest BCUT2D eigenvalue weighted by Crippen LogP contribution is -2.07. The predicted octanol–water partition coefficient (Wildman–Crippen LogP) is 13.8. The highest BCUT2D eigenvalue weighted by atomic mass is 32.1. The normalized spacial score (nSPS) is 11.9. The average Bonchev–Trinajstić information content (AvgIpc) is 3.84. The highest BCUT2D eigenvalue weighted by molar-refractivity contribution is 7.26. The van der Waals surface area contributed by atoms with Gasteiger partial charge in [0.1, 0.15) is 0 Å². The molecule has 0 atom stereocenters. The molecule has 9 aromatic carbocycles. The molecule has 5 heteroatoms. The summed E-state index contributed by atoms with van der Waals surface area (Å²) in [6.07, 6.45) is 0. The van der Waals surface area contributed by atoms with Crippen molar-refractivity contribution in [3.8, 4) is 39.9 Å². The molecule has 4 nitrogen and oxygen atoms in total. The van der Waals surface area contributed by atoms with Crippen molar-refractivity contribution in [2.45, 2.75) is 0 Å². The molecule has 260 valence electrons. The summed E-state index contributed by atoms with van der Waals surface area (Å²) in [6.45, 7) is 0. The number of hydrogen-bond donors (Lipinski definition) is 0. The minimum atomic E-state index is 0.582. The van der Waals surface area contributed by atoms with E-state index in [1.165, 1.54) is 52.5 Å². The van der Waals surface area contributed by atoms with Gasteiger partial charge in [-0.1, -0.05) is 164 Å². The fourth-order valence-corrected chi connectivity index (χ4v) is 9.87. The lowest BCUT2D eigenvalue weighted by atomic mass is 9.95. The first-order valence-electron chi connectivity index (χ1n) is 18.9. The summed E-state index contributed by atoms with van der Waals surface area (Å²) < 4.78 is 4.90. The van der Waals surface area contributed by atoms with Crippen molar-refractivity contribution in [2.75, 3.05) is 0 Å². The Hall–Kier alpha value is -7.21. The second kappa shape index (κ2) is 12.2. The van der Waals surface area contributed by atoms with Gasteiger partial charge in [-0.3, -0.25) is 4.57 Å². The van der Waals surface area contributed by atoms with Crippen LogP contribution in [0.15, 0.2) is 182 Å². The maximum atomic E-state index is 5.35. The molecule has 0 saturated carbocycles. The molecular formula is C51H30N4S. The van der Waals surface area contributed by atoms with E-state index in [1.54, 1.807) is 0 Å². The number of aromatic nitrogens is 4. The molecule has 3 heterocycles. The van der Waals surface area contributed by atoms with E-state index in [2.05, 4.69) is 150 Å². The molecule has 12 aromatic rings. The highest BCUT2D eigenvalue weighted by Gasteiger charge is 2.24. The van der Waals surface area contributed by atoms with E-state index in [4.69, 9.17) is 15.0 Å². The van der Waals surface area contributed by atoms with E-state index in [1.807, 2.05) is 47.7 Å². The third-order valence-electron chi connectivity index (χ3n) is 11.2. The topological polar surface area (TPSA) is 43.6 Å². The Bertz CT molecular complexity index is 3470. The number of para-hydroxylation sites is 1. The van der Waals surface area contributed by atoms with Crippen LogP contribution in [0.2, 0.25) is 0 Å². The van der Waals surface area contributed by atoms with Crippen LogP contribution in [0.4, 0.5) is 0 Å². The smallest absolute Gasteiger partial charge is 0.238 e. The van der Waals surface area contributed by atoms with Crippen molar-refractivity contribution in [2.24, 2.45) is 0 Å². The summed E-state index contributed by atoms with van der Waals surface area (Å²) in [5, 5.41) is 12.2. The Balaban J connectivity index is 1.26. The van der Waals surface area contributed by atoms with Crippen LogP contribution in [0.1, 0.15) is 0 Å². The molecule has 0 radical (unpaired) electrons. The summed E-state index contributed by atoms with van der Waals surface area (Å²) in [6, 6.07) is 64.9. The van der Waals surface area contributed by atoms with Crippen molar-refractivity contribution in [1.29, 1.82) is 0 Å². The van der Waals surface area contributed by atoms with Crippen molar-refractivity contribution in [1.82, 2.24) is 19.5 Å². The van der Waals surface area contributed by atoms with Crippen LogP contribution in [0.5, 0.6) is 0 Å². The Labute approximate surface area is 325 Å². The molecule has 0 aliphatic carbocycles. The van der Waals surface area contributed by atoms with E-state index in [0.717, 1.165) is 44.1 Å². The first kappa shape index (κ1) is 31.2. The SMILES string of the molecule is c1ccc(-c2nc(-c3ccccc3)nc(-n3c4c(-c5ccc6sc7ccc8ccccc8c7c6c5)cccc4c4c5ccccc5c5ccccc5c43)n2)cc1. The van der Waals surface area contributed by atoms with E-state index >= 15 is 0 Å². The lowest BCUT2D eigenvalue weighted by Gasteiger charge is -2.14. The standard InChI is InChI=1S/C51H30N4S/c1-3-15-32(16-4-1)49-52-50(33-17-5-2-6-18-33)54-51(53-49)55-47-36(34-27-28-43-42(30-34)45-35-19-8-7-14-31(35)26-29-44(45)56-43)24-13-25-41(47)46-39-22-11-9-20-37(39)38-21-10-12-23-40(38)48(46)55/h1-30H. The third-order valence-corrected chi connectivity index (χ3v) is 12.4. The van der Waals surface area contributed by atoms with E-state index in [9.17, 15) is 0 Å². The summed E-state index contributed by atoms with van der Waals surface area (Å²) in [4.78, 5) is 15.8. The van der Waals surface area contributed by atoms with Gasteiger partial charge in [-0.15, -0.1) is 11.3 Å². The molecule has 0 bridgehead atoms. The minimum Gasteiger partial charge on any atom is -0.277 e. The number of hydrogen-bond acceptors (Lipinski definition) is 4. The average molecular weight is 731 g/mol. The largest absolute Gasteiger partial charge is 0.277 e. The van der Waals surface area contributed by atoms with E-state index in [0.29, 0.717) is 17.6 Å². The minimum absolute atomic E-state index is 0.582. The summed E-state index contributed by atoms with van der Waals surface area (Å²) in [5.41, 5.74) is 6.29. The van der Waals surface area contributed by atoms with Crippen LogP contribution in [0.3, 0.4) is 0 Å². The second-order valence-electron chi connectivity index (χ2n) is 14.3. The second-order valence-corrected chi connectivity index (χ2v) is 15.4. The lowest BCUT2D eigenvalue weighted by molar-refractivity contribution is 0.955. The predicted molar refractivity (Wildman–Crippen MR) is 236 cm³/mol. The van der Waals surface area contributed by atoms with Crippen molar-refractivity contribution >= 4 is 85.6 Å². The van der Waals surface area contributed by atoms with E-state index in [-0.39, 0.29) is 0 Å². The number of benzene rings is 9. The molecular weight excluding hydrogens is 701 g/mol. The fraction of sp³-hybridized carbons (Fsp3) is 0. The first-order valence-corrected chi connectivity index (χ1v) is 19.7. The monoisotopic (exact) mass is 730 g/mol. The first-order chi connectivity index (χ1) is 27.8. The van der Waals surface area contributed by atoms with Gasteiger partial charge in [-0.25, -0.2) is 4.98 Å². The number of fused-ring (bicyclic) bond motifs is 13. The maximum absolute atomic E-state index is 5.35. The summed E-state index contributed by atoms with van der Waals surface area (Å²) >= 11 is 1.86. The molecule has 0 aliphatic heterocycles. The van der Waals surface area contributed by atoms with Crippen molar-refractivity contribution < 1.29 is 0 Å². The molecule has 0 fully saturated rings. The van der Waals surface area contributed by atoms with Gasteiger partial charge in [-0.05, 0) is 50.7 Å². The zero-order valence-electron chi connectivity index (χ0n) is 30.0. The molecule has 0 amide bonds. The van der Waals surface area contributed by atoms with Gasteiger partial charge in [0.15, 0.2) is 11.6 Å². The maximum Gasteiger partial charge on any atom is 0.238 e. The zero-order chi connectivity index (χ0) is 36.7. The van der Waals surface area contributed by atoms with Crippen LogP contribution in [-0.2, 0) is 0 Å². The number of rotatable bonds is 4. The molecule has 56 heavy (non-hydrogen) atoms. The van der Waals surface area contributed by atoms with Crippen LogP contribution in [-0.4, -0.2) is 19.5 Å². The van der Waals surface area contributed by atoms with Gasteiger partial charge in [0.2, 0.25) is 5.95 Å². The Morgan fingerprint density at radius 2 is 0.946 bits per heavy atom. The van der Waals surface area contributed by atoms with Crippen LogP contribution < -0.4 is 0 Å². The Kier molecular flexibility index (Phi) is 6.76. The van der Waals surface area contributed by atoms with Crippen LogP contribution >= 0.6 is 11.3 Å². The number of nitrogens with zero attached hydrogens (tertiary/aromatic N) is 4.